The number of rotatable bonds is 7. The first kappa shape index (κ1) is 20.9. The van der Waals surface area contributed by atoms with Crippen molar-refractivity contribution in [1.29, 1.82) is 0 Å². The van der Waals surface area contributed by atoms with Gasteiger partial charge in [-0.1, -0.05) is 29.8 Å². The quantitative estimate of drug-likeness (QED) is 0.492. The Hall–Kier alpha value is -2.79. The van der Waals surface area contributed by atoms with Gasteiger partial charge in [0.05, 0.1) is 13.2 Å². The first-order valence-electron chi connectivity index (χ1n) is 9.39. The second kappa shape index (κ2) is 9.61. The van der Waals surface area contributed by atoms with Crippen molar-refractivity contribution in [2.24, 2.45) is 0 Å². The zero-order chi connectivity index (χ0) is 20.8. The maximum absolute atomic E-state index is 13.1. The van der Waals surface area contributed by atoms with Gasteiger partial charge < -0.3 is 10.1 Å². The molecule has 0 bridgehead atoms. The predicted octanol–water partition coefficient (Wildman–Crippen LogP) is 5.93. The second-order valence-corrected chi connectivity index (χ2v) is 7.92. The lowest BCUT2D eigenvalue weighted by molar-refractivity contribution is 0.0939. The van der Waals surface area contributed by atoms with Crippen molar-refractivity contribution in [3.8, 4) is 5.75 Å². The number of hydrogen-bond acceptors (Lipinski definition) is 3. The Morgan fingerprint density at radius 2 is 1.76 bits per heavy atom. The average Bonchev–Trinajstić information content (AvgIpc) is 2.73. The van der Waals surface area contributed by atoms with Crippen LogP contribution >= 0.6 is 11.8 Å². The Bertz CT molecular complexity index is 971. The van der Waals surface area contributed by atoms with Crippen molar-refractivity contribution in [1.82, 2.24) is 5.32 Å². The molecule has 0 unspecified atom stereocenters. The van der Waals surface area contributed by atoms with Gasteiger partial charge in [0, 0.05) is 21.8 Å². The fraction of sp³-hybridized carbons (Fsp3) is 0.208. The third-order valence-electron chi connectivity index (χ3n) is 4.68. The van der Waals surface area contributed by atoms with Crippen LogP contribution in [0.2, 0.25) is 0 Å². The maximum atomic E-state index is 13.1. The van der Waals surface area contributed by atoms with E-state index in [1.807, 2.05) is 19.1 Å². The molecule has 150 valence electrons. The minimum absolute atomic E-state index is 0.175. The Kier molecular flexibility index (Phi) is 6.94. The third-order valence-corrected chi connectivity index (χ3v) is 5.74. The molecule has 0 heterocycles. The molecular formula is C24H24FNO2S. The maximum Gasteiger partial charge on any atom is 0.251 e. The lowest BCUT2D eigenvalue weighted by Crippen LogP contribution is -2.26. The van der Waals surface area contributed by atoms with E-state index in [2.05, 4.69) is 36.5 Å². The van der Waals surface area contributed by atoms with E-state index >= 15 is 0 Å². The Labute approximate surface area is 175 Å². The number of carbonyl (C=O) groups is 1. The van der Waals surface area contributed by atoms with Crippen LogP contribution in [0, 0.1) is 12.7 Å². The van der Waals surface area contributed by atoms with Gasteiger partial charge in [-0.25, -0.2) is 4.39 Å². The molecule has 3 aromatic rings. The molecule has 0 saturated heterocycles. The lowest BCUT2D eigenvalue weighted by Gasteiger charge is -2.16. The SMILES string of the molecule is COc1ccc(C(=O)N[C@@H](C)c2ccc(F)cc2)cc1CSc1ccc(C)cc1. The van der Waals surface area contributed by atoms with E-state index in [0.29, 0.717) is 11.3 Å². The minimum Gasteiger partial charge on any atom is -0.496 e. The zero-order valence-electron chi connectivity index (χ0n) is 16.7. The molecule has 0 aromatic heterocycles. The highest BCUT2D eigenvalue weighted by molar-refractivity contribution is 7.98. The summed E-state index contributed by atoms with van der Waals surface area (Å²) in [4.78, 5) is 13.9. The molecule has 0 aliphatic heterocycles. The number of hydrogen-bond donors (Lipinski definition) is 1. The van der Waals surface area contributed by atoms with Crippen molar-refractivity contribution in [3.05, 3.63) is 94.8 Å². The summed E-state index contributed by atoms with van der Waals surface area (Å²) in [5.74, 6) is 0.984. The smallest absolute Gasteiger partial charge is 0.251 e. The predicted molar refractivity (Wildman–Crippen MR) is 116 cm³/mol. The van der Waals surface area contributed by atoms with Crippen LogP contribution in [-0.2, 0) is 5.75 Å². The summed E-state index contributed by atoms with van der Waals surface area (Å²) in [6.45, 7) is 3.94. The van der Waals surface area contributed by atoms with Crippen molar-refractivity contribution in [2.75, 3.05) is 7.11 Å². The number of methoxy groups -OCH3 is 1. The molecule has 29 heavy (non-hydrogen) atoms. The normalized spacial score (nSPS) is 11.7. The third kappa shape index (κ3) is 5.61. The van der Waals surface area contributed by atoms with E-state index in [1.54, 1.807) is 37.1 Å². The van der Waals surface area contributed by atoms with Crippen LogP contribution in [0.25, 0.3) is 0 Å². The van der Waals surface area contributed by atoms with E-state index in [0.717, 1.165) is 21.8 Å². The van der Waals surface area contributed by atoms with Crippen LogP contribution in [0.15, 0.2) is 71.6 Å². The first-order valence-corrected chi connectivity index (χ1v) is 10.4. The molecule has 3 nitrogen and oxygen atoms in total. The van der Waals surface area contributed by atoms with Gasteiger partial charge in [0.25, 0.3) is 5.91 Å². The molecular weight excluding hydrogens is 385 g/mol. The van der Waals surface area contributed by atoms with Crippen molar-refractivity contribution in [2.45, 2.75) is 30.5 Å². The van der Waals surface area contributed by atoms with E-state index in [9.17, 15) is 9.18 Å². The monoisotopic (exact) mass is 409 g/mol. The Balaban J connectivity index is 1.71. The summed E-state index contributed by atoms with van der Waals surface area (Å²) in [7, 11) is 1.63. The molecule has 3 aromatic carbocycles. The Morgan fingerprint density at radius 3 is 2.41 bits per heavy atom. The molecule has 0 radical (unpaired) electrons. The lowest BCUT2D eigenvalue weighted by atomic mass is 10.1. The molecule has 5 heteroatoms. The van der Waals surface area contributed by atoms with Crippen molar-refractivity contribution >= 4 is 17.7 Å². The minimum atomic E-state index is -0.293. The van der Waals surface area contributed by atoms with Gasteiger partial charge in [-0.2, -0.15) is 0 Å². The molecule has 3 rings (SSSR count). The van der Waals surface area contributed by atoms with Crippen molar-refractivity contribution in [3.63, 3.8) is 0 Å². The summed E-state index contributed by atoms with van der Waals surface area (Å²) in [5, 5.41) is 2.97. The summed E-state index contributed by atoms with van der Waals surface area (Å²) < 4.78 is 18.6. The number of benzene rings is 3. The number of amides is 1. The summed E-state index contributed by atoms with van der Waals surface area (Å²) in [6, 6.07) is 19.7. The highest BCUT2D eigenvalue weighted by atomic mass is 32.2. The Morgan fingerprint density at radius 1 is 1.07 bits per heavy atom. The highest BCUT2D eigenvalue weighted by Crippen LogP contribution is 2.29. The van der Waals surface area contributed by atoms with E-state index in [1.165, 1.54) is 17.7 Å². The molecule has 1 amide bonds. The van der Waals surface area contributed by atoms with Crippen LogP contribution in [0.3, 0.4) is 0 Å². The zero-order valence-corrected chi connectivity index (χ0v) is 17.6. The molecule has 0 aliphatic rings. The van der Waals surface area contributed by atoms with Gasteiger partial charge in [-0.15, -0.1) is 11.8 Å². The van der Waals surface area contributed by atoms with Crippen LogP contribution in [0.5, 0.6) is 5.75 Å². The van der Waals surface area contributed by atoms with Crippen molar-refractivity contribution < 1.29 is 13.9 Å². The van der Waals surface area contributed by atoms with Crippen LogP contribution < -0.4 is 10.1 Å². The number of halogens is 1. The average molecular weight is 410 g/mol. The number of nitrogens with one attached hydrogen (secondary N) is 1. The van der Waals surface area contributed by atoms with Gasteiger partial charge >= 0.3 is 0 Å². The number of aryl methyl sites for hydroxylation is 1. The number of thioether (sulfide) groups is 1. The number of ether oxygens (including phenoxy) is 1. The summed E-state index contributed by atoms with van der Waals surface area (Å²) in [6.07, 6.45) is 0. The summed E-state index contributed by atoms with van der Waals surface area (Å²) >= 11 is 1.70. The van der Waals surface area contributed by atoms with Gasteiger partial charge in [-0.05, 0) is 61.9 Å². The molecule has 0 fully saturated rings. The highest BCUT2D eigenvalue weighted by Gasteiger charge is 2.14. The van der Waals surface area contributed by atoms with Crippen LogP contribution in [0.1, 0.15) is 40.0 Å². The van der Waals surface area contributed by atoms with E-state index < -0.39 is 0 Å². The fourth-order valence-corrected chi connectivity index (χ4v) is 3.82. The molecule has 1 N–H and O–H groups in total. The van der Waals surface area contributed by atoms with E-state index in [4.69, 9.17) is 4.74 Å². The number of carbonyl (C=O) groups excluding carboxylic acids is 1. The van der Waals surface area contributed by atoms with Crippen LogP contribution in [0.4, 0.5) is 4.39 Å². The van der Waals surface area contributed by atoms with Gasteiger partial charge in [0.1, 0.15) is 11.6 Å². The van der Waals surface area contributed by atoms with Crippen LogP contribution in [-0.4, -0.2) is 13.0 Å². The topological polar surface area (TPSA) is 38.3 Å². The largest absolute Gasteiger partial charge is 0.496 e. The van der Waals surface area contributed by atoms with Gasteiger partial charge in [0.2, 0.25) is 0 Å². The molecule has 1 atom stereocenters. The molecule has 0 saturated carbocycles. The standard InChI is InChI=1S/C24H24FNO2S/c1-16-4-11-22(12-5-16)29-15-20-14-19(8-13-23(20)28-3)24(27)26-17(2)18-6-9-21(25)10-7-18/h4-14,17H,15H2,1-3H3,(H,26,27)/t17-/m0/s1. The van der Waals surface area contributed by atoms with E-state index in [-0.39, 0.29) is 17.8 Å². The van der Waals surface area contributed by atoms with Gasteiger partial charge in [-0.3, -0.25) is 4.79 Å². The fourth-order valence-electron chi connectivity index (χ4n) is 2.94. The molecule has 0 spiro atoms. The van der Waals surface area contributed by atoms with Gasteiger partial charge in [0.15, 0.2) is 0 Å². The molecule has 0 aliphatic carbocycles. The first-order chi connectivity index (χ1) is 14.0. The second-order valence-electron chi connectivity index (χ2n) is 6.88. The summed E-state index contributed by atoms with van der Waals surface area (Å²) in [5.41, 5.74) is 3.60.